The van der Waals surface area contributed by atoms with Gasteiger partial charge in [-0.1, -0.05) is 6.42 Å². The van der Waals surface area contributed by atoms with Crippen molar-refractivity contribution < 1.29 is 18.3 Å². The lowest BCUT2D eigenvalue weighted by Gasteiger charge is -2.25. The Hall–Kier alpha value is -1.63. The van der Waals surface area contributed by atoms with Gasteiger partial charge in [0.25, 0.3) is 0 Å². The van der Waals surface area contributed by atoms with Gasteiger partial charge in [0.05, 0.1) is 10.8 Å². The maximum atomic E-state index is 11.7. The molecule has 0 spiro atoms. The van der Waals surface area contributed by atoms with Gasteiger partial charge in [0.15, 0.2) is 0 Å². The Bertz CT molecular complexity index is 520. The summed E-state index contributed by atoms with van der Waals surface area (Å²) in [5.41, 5.74) is 0.0246. The molecule has 1 aliphatic carbocycles. The number of sulfonamides is 1. The summed E-state index contributed by atoms with van der Waals surface area (Å²) in [4.78, 5) is 14.3. The predicted molar refractivity (Wildman–Crippen MR) is 61.4 cm³/mol. The molecule has 0 amide bonds. The third-order valence-electron chi connectivity index (χ3n) is 2.75. The zero-order chi connectivity index (χ0) is 12.5. The minimum absolute atomic E-state index is 0.0246. The van der Waals surface area contributed by atoms with E-state index < -0.39 is 16.0 Å². The maximum Gasteiger partial charge on any atom is 0.337 e. The first-order valence-corrected chi connectivity index (χ1v) is 6.74. The zero-order valence-corrected chi connectivity index (χ0v) is 9.77. The summed E-state index contributed by atoms with van der Waals surface area (Å²) in [5.74, 6) is -0.937. The van der Waals surface area contributed by atoms with Gasteiger partial charge in [-0.05, 0) is 25.0 Å². The fraction of sp³-hybridized carbons (Fsp3) is 0.400. The average Bonchev–Trinajstić information content (AvgIpc) is 2.13. The third kappa shape index (κ3) is 2.55. The van der Waals surface area contributed by atoms with Gasteiger partial charge in [-0.2, -0.15) is 0 Å². The number of hydrogen-bond acceptors (Lipinski definition) is 4. The number of nitrogens with one attached hydrogen (secondary N) is 1. The summed E-state index contributed by atoms with van der Waals surface area (Å²) in [6.07, 6.45) is 3.39. The minimum atomic E-state index is -3.37. The van der Waals surface area contributed by atoms with Gasteiger partial charge in [-0.15, -0.1) is 0 Å². The number of aromatic carboxylic acids is 1. The SMILES string of the molecule is O=C(O)c1ccc(NS(=O)(=O)C2CCC2)nc1. The topological polar surface area (TPSA) is 96.4 Å². The first-order valence-electron chi connectivity index (χ1n) is 5.20. The first-order chi connectivity index (χ1) is 7.99. The van der Waals surface area contributed by atoms with Crippen LogP contribution in [0.5, 0.6) is 0 Å². The predicted octanol–water partition coefficient (Wildman–Crippen LogP) is 1.07. The van der Waals surface area contributed by atoms with Gasteiger partial charge < -0.3 is 5.11 Å². The second-order valence-corrected chi connectivity index (χ2v) is 5.90. The molecule has 1 aromatic heterocycles. The van der Waals surface area contributed by atoms with Crippen molar-refractivity contribution >= 4 is 21.8 Å². The second-order valence-electron chi connectivity index (χ2n) is 3.94. The van der Waals surface area contributed by atoms with Crippen LogP contribution >= 0.6 is 0 Å². The summed E-state index contributed by atoms with van der Waals surface area (Å²) in [5, 5.41) is 8.32. The van der Waals surface area contributed by atoms with Crippen LogP contribution < -0.4 is 4.72 Å². The van der Waals surface area contributed by atoms with Gasteiger partial charge in [0, 0.05) is 6.20 Å². The Morgan fingerprint density at radius 3 is 2.53 bits per heavy atom. The van der Waals surface area contributed by atoms with Crippen molar-refractivity contribution in [3.05, 3.63) is 23.9 Å². The standard InChI is InChI=1S/C10H12N2O4S/c13-10(14)7-4-5-9(11-6-7)12-17(15,16)8-2-1-3-8/h4-6,8H,1-3H2,(H,11,12)(H,13,14). The van der Waals surface area contributed by atoms with Crippen LogP contribution in [0, 0.1) is 0 Å². The van der Waals surface area contributed by atoms with Crippen molar-refractivity contribution in [2.75, 3.05) is 4.72 Å². The number of carboxylic acids is 1. The summed E-state index contributed by atoms with van der Waals surface area (Å²) < 4.78 is 25.8. The molecule has 2 N–H and O–H groups in total. The number of hydrogen-bond donors (Lipinski definition) is 2. The number of rotatable bonds is 4. The number of carbonyl (C=O) groups is 1. The van der Waals surface area contributed by atoms with Crippen molar-refractivity contribution in [1.29, 1.82) is 0 Å². The van der Waals surface area contributed by atoms with Gasteiger partial charge in [0.1, 0.15) is 5.82 Å². The van der Waals surface area contributed by atoms with Crippen molar-refractivity contribution in [1.82, 2.24) is 4.98 Å². The van der Waals surface area contributed by atoms with E-state index >= 15 is 0 Å². The molecule has 92 valence electrons. The van der Waals surface area contributed by atoms with Gasteiger partial charge >= 0.3 is 5.97 Å². The molecule has 1 saturated carbocycles. The summed E-state index contributed by atoms with van der Waals surface area (Å²) >= 11 is 0. The highest BCUT2D eigenvalue weighted by Gasteiger charge is 2.31. The van der Waals surface area contributed by atoms with E-state index in [9.17, 15) is 13.2 Å². The van der Waals surface area contributed by atoms with Crippen LogP contribution in [0.1, 0.15) is 29.6 Å². The molecule has 1 fully saturated rings. The summed E-state index contributed by atoms with van der Waals surface area (Å²) in [6, 6.07) is 2.66. The van der Waals surface area contributed by atoms with Gasteiger partial charge in [-0.25, -0.2) is 18.2 Å². The van der Waals surface area contributed by atoms with Crippen molar-refractivity contribution in [2.24, 2.45) is 0 Å². The first kappa shape index (κ1) is 11.8. The maximum absolute atomic E-state index is 11.7. The fourth-order valence-corrected chi connectivity index (χ4v) is 3.02. The molecule has 1 aliphatic rings. The van der Waals surface area contributed by atoms with Crippen molar-refractivity contribution in [3.8, 4) is 0 Å². The Morgan fingerprint density at radius 2 is 2.12 bits per heavy atom. The van der Waals surface area contributed by atoms with E-state index in [2.05, 4.69) is 9.71 Å². The lowest BCUT2D eigenvalue weighted by atomic mass is 10.0. The zero-order valence-electron chi connectivity index (χ0n) is 8.96. The molecule has 2 rings (SSSR count). The van der Waals surface area contributed by atoms with Crippen molar-refractivity contribution in [2.45, 2.75) is 24.5 Å². The lowest BCUT2D eigenvalue weighted by molar-refractivity contribution is 0.0696. The van der Waals surface area contributed by atoms with Crippen LogP contribution in [0.15, 0.2) is 18.3 Å². The molecular weight excluding hydrogens is 244 g/mol. The van der Waals surface area contributed by atoms with Gasteiger partial charge in [-0.3, -0.25) is 4.72 Å². The Morgan fingerprint density at radius 1 is 1.41 bits per heavy atom. The molecule has 1 heterocycles. The number of pyridine rings is 1. The molecule has 0 aliphatic heterocycles. The third-order valence-corrected chi connectivity index (χ3v) is 4.59. The quantitative estimate of drug-likeness (QED) is 0.840. The second kappa shape index (κ2) is 4.33. The van der Waals surface area contributed by atoms with Crippen LogP contribution in [-0.2, 0) is 10.0 Å². The van der Waals surface area contributed by atoms with Crippen LogP contribution in [-0.4, -0.2) is 29.7 Å². The largest absolute Gasteiger partial charge is 0.478 e. The highest BCUT2D eigenvalue weighted by atomic mass is 32.2. The molecule has 1 aromatic rings. The molecule has 17 heavy (non-hydrogen) atoms. The van der Waals surface area contributed by atoms with E-state index in [1.807, 2.05) is 0 Å². The van der Waals surface area contributed by atoms with E-state index in [0.29, 0.717) is 12.8 Å². The Balaban J connectivity index is 2.11. The highest BCUT2D eigenvalue weighted by molar-refractivity contribution is 7.93. The highest BCUT2D eigenvalue weighted by Crippen LogP contribution is 2.27. The number of aromatic nitrogens is 1. The monoisotopic (exact) mass is 256 g/mol. The molecule has 7 heteroatoms. The molecule has 6 nitrogen and oxygen atoms in total. The van der Waals surface area contributed by atoms with E-state index in [0.717, 1.165) is 12.6 Å². The normalized spacial score (nSPS) is 16.2. The molecule has 0 aromatic carbocycles. The van der Waals surface area contributed by atoms with E-state index in [1.165, 1.54) is 12.1 Å². The Kier molecular flexibility index (Phi) is 3.01. The molecule has 0 bridgehead atoms. The molecule has 0 atom stereocenters. The average molecular weight is 256 g/mol. The van der Waals surface area contributed by atoms with E-state index in [1.54, 1.807) is 0 Å². The van der Waals surface area contributed by atoms with Crippen molar-refractivity contribution in [3.63, 3.8) is 0 Å². The molecule has 0 saturated heterocycles. The Labute approximate surface area is 98.7 Å². The van der Waals surface area contributed by atoms with Crippen LogP contribution in [0.2, 0.25) is 0 Å². The molecule has 0 radical (unpaired) electrons. The lowest BCUT2D eigenvalue weighted by Crippen LogP contribution is -2.33. The summed E-state index contributed by atoms with van der Waals surface area (Å²) in [7, 11) is -3.37. The van der Waals surface area contributed by atoms with Crippen LogP contribution in [0.3, 0.4) is 0 Å². The molecular formula is C10H12N2O4S. The number of anilines is 1. The van der Waals surface area contributed by atoms with E-state index in [-0.39, 0.29) is 16.6 Å². The number of nitrogens with zero attached hydrogens (tertiary/aromatic N) is 1. The number of carboxylic acid groups (broad SMARTS) is 1. The van der Waals surface area contributed by atoms with Crippen LogP contribution in [0.4, 0.5) is 5.82 Å². The summed E-state index contributed by atoms with van der Waals surface area (Å²) in [6.45, 7) is 0. The molecule has 0 unspecified atom stereocenters. The van der Waals surface area contributed by atoms with E-state index in [4.69, 9.17) is 5.11 Å². The smallest absolute Gasteiger partial charge is 0.337 e. The van der Waals surface area contributed by atoms with Gasteiger partial charge in [0.2, 0.25) is 10.0 Å². The fourth-order valence-electron chi connectivity index (χ4n) is 1.49. The minimum Gasteiger partial charge on any atom is -0.478 e. The van der Waals surface area contributed by atoms with Crippen LogP contribution in [0.25, 0.3) is 0 Å².